The number of piperidine rings is 1. The number of amides is 1. The van der Waals surface area contributed by atoms with Gasteiger partial charge in [0.25, 0.3) is 0 Å². The number of rotatable bonds is 1. The Balaban J connectivity index is 1.88. The fourth-order valence-corrected chi connectivity index (χ4v) is 2.34. The van der Waals surface area contributed by atoms with Crippen molar-refractivity contribution in [3.8, 4) is 0 Å². The summed E-state index contributed by atoms with van der Waals surface area (Å²) >= 11 is 0. The molecule has 3 unspecified atom stereocenters. The Morgan fingerprint density at radius 1 is 1.47 bits per heavy atom. The van der Waals surface area contributed by atoms with E-state index in [-0.39, 0.29) is 29.6 Å². The highest BCUT2D eigenvalue weighted by molar-refractivity contribution is 6.00. The van der Waals surface area contributed by atoms with E-state index in [1.54, 1.807) is 17.0 Å². The lowest BCUT2D eigenvalue weighted by atomic mass is 10.2. The first-order valence-electron chi connectivity index (χ1n) is 5.01. The second kappa shape index (κ2) is 2.79. The van der Waals surface area contributed by atoms with Gasteiger partial charge in [-0.25, -0.2) is 4.39 Å². The molecule has 1 heterocycles. The molecule has 3 nitrogen and oxygen atoms in total. The summed E-state index contributed by atoms with van der Waals surface area (Å²) in [6.07, 6.45) is 0. The van der Waals surface area contributed by atoms with Crippen LogP contribution in [0, 0.1) is 17.7 Å². The summed E-state index contributed by atoms with van der Waals surface area (Å²) in [6.45, 7) is 0.633. The first kappa shape index (κ1) is 8.85. The molecule has 1 amide bonds. The molecule has 1 aliphatic carbocycles. The molecule has 78 valence electrons. The first-order chi connectivity index (χ1) is 7.18. The topological polar surface area (TPSA) is 46.3 Å². The highest BCUT2D eigenvalue weighted by Crippen LogP contribution is 2.46. The van der Waals surface area contributed by atoms with Crippen molar-refractivity contribution in [2.24, 2.45) is 17.6 Å². The van der Waals surface area contributed by atoms with Crippen LogP contribution in [0.25, 0.3) is 0 Å². The molecule has 1 aliphatic heterocycles. The third kappa shape index (κ3) is 1.18. The van der Waals surface area contributed by atoms with E-state index in [4.69, 9.17) is 5.73 Å². The van der Waals surface area contributed by atoms with Crippen molar-refractivity contribution >= 4 is 11.6 Å². The van der Waals surface area contributed by atoms with E-state index in [1.807, 2.05) is 0 Å². The van der Waals surface area contributed by atoms with Gasteiger partial charge < -0.3 is 10.6 Å². The van der Waals surface area contributed by atoms with Crippen LogP contribution < -0.4 is 10.6 Å². The maximum atomic E-state index is 13.0. The molecule has 0 aromatic heterocycles. The molecular weight excluding hydrogens is 195 g/mol. The fraction of sp³-hybridized carbons (Fsp3) is 0.364. The lowest BCUT2D eigenvalue weighted by Crippen LogP contribution is -2.33. The molecule has 0 spiro atoms. The normalized spacial score (nSPS) is 33.1. The molecule has 4 heteroatoms. The van der Waals surface area contributed by atoms with Gasteiger partial charge in [-0.15, -0.1) is 0 Å². The summed E-state index contributed by atoms with van der Waals surface area (Å²) in [7, 11) is 0. The second-order valence-corrected chi connectivity index (χ2v) is 4.20. The van der Waals surface area contributed by atoms with E-state index in [2.05, 4.69) is 0 Å². The molecule has 1 saturated carbocycles. The van der Waals surface area contributed by atoms with Crippen molar-refractivity contribution in [2.45, 2.75) is 6.04 Å². The van der Waals surface area contributed by atoms with Gasteiger partial charge in [-0.05, 0) is 18.2 Å². The van der Waals surface area contributed by atoms with Gasteiger partial charge in [0.15, 0.2) is 0 Å². The highest BCUT2D eigenvalue weighted by atomic mass is 19.1. The molecule has 1 aromatic carbocycles. The minimum Gasteiger partial charge on any atom is -0.327 e. The van der Waals surface area contributed by atoms with Crippen molar-refractivity contribution in [3.05, 3.63) is 30.1 Å². The number of hydrogen-bond donors (Lipinski definition) is 1. The predicted octanol–water partition coefficient (Wildman–Crippen LogP) is 0.746. The maximum Gasteiger partial charge on any atom is 0.232 e. The predicted molar refractivity (Wildman–Crippen MR) is 53.7 cm³/mol. The van der Waals surface area contributed by atoms with Crippen molar-refractivity contribution in [1.82, 2.24) is 0 Å². The summed E-state index contributed by atoms with van der Waals surface area (Å²) in [6, 6.07) is 6.14. The summed E-state index contributed by atoms with van der Waals surface area (Å²) in [5, 5.41) is 0. The molecule has 1 aromatic rings. The molecule has 3 rings (SSSR count). The third-order valence-corrected chi connectivity index (χ3v) is 3.29. The van der Waals surface area contributed by atoms with Crippen LogP contribution in [0.4, 0.5) is 10.1 Å². The van der Waals surface area contributed by atoms with Crippen molar-refractivity contribution in [1.29, 1.82) is 0 Å². The molecule has 15 heavy (non-hydrogen) atoms. The SMILES string of the molecule is NC1C2CN(c3cccc(F)c3)C(=O)C12. The number of hydrogen-bond acceptors (Lipinski definition) is 2. The van der Waals surface area contributed by atoms with Crippen LogP contribution in [0.2, 0.25) is 0 Å². The Labute approximate surface area is 86.7 Å². The first-order valence-corrected chi connectivity index (χ1v) is 5.01. The fourth-order valence-electron chi connectivity index (χ4n) is 2.34. The van der Waals surface area contributed by atoms with Gasteiger partial charge in [-0.1, -0.05) is 6.07 Å². The lowest BCUT2D eigenvalue weighted by Gasteiger charge is -2.19. The van der Waals surface area contributed by atoms with Gasteiger partial charge in [0, 0.05) is 24.2 Å². The average molecular weight is 206 g/mol. The van der Waals surface area contributed by atoms with E-state index >= 15 is 0 Å². The van der Waals surface area contributed by atoms with Gasteiger partial charge in [0.05, 0.1) is 5.92 Å². The number of halogens is 1. The monoisotopic (exact) mass is 206 g/mol. The van der Waals surface area contributed by atoms with E-state index in [9.17, 15) is 9.18 Å². The zero-order valence-electron chi connectivity index (χ0n) is 8.06. The van der Waals surface area contributed by atoms with Crippen molar-refractivity contribution < 1.29 is 9.18 Å². The molecule has 1 saturated heterocycles. The van der Waals surface area contributed by atoms with Gasteiger partial charge in [0.2, 0.25) is 5.91 Å². The van der Waals surface area contributed by atoms with Crippen LogP contribution in [0.15, 0.2) is 24.3 Å². The Morgan fingerprint density at radius 2 is 2.27 bits per heavy atom. The van der Waals surface area contributed by atoms with Crippen LogP contribution in [0.5, 0.6) is 0 Å². The van der Waals surface area contributed by atoms with E-state index in [1.165, 1.54) is 12.1 Å². The standard InChI is InChI=1S/C11H11FN2O/c12-6-2-1-3-7(4-6)14-5-8-9(10(8)13)11(14)15/h1-4,8-10H,5,13H2. The van der Waals surface area contributed by atoms with E-state index in [0.29, 0.717) is 12.2 Å². The van der Waals surface area contributed by atoms with Crippen molar-refractivity contribution in [2.75, 3.05) is 11.4 Å². The van der Waals surface area contributed by atoms with Gasteiger partial charge in [-0.2, -0.15) is 0 Å². The summed E-state index contributed by atoms with van der Waals surface area (Å²) in [4.78, 5) is 13.4. The minimum absolute atomic E-state index is 0.0201. The van der Waals surface area contributed by atoms with Gasteiger partial charge in [-0.3, -0.25) is 4.79 Å². The number of carbonyl (C=O) groups is 1. The molecule has 2 aliphatic rings. The lowest BCUT2D eigenvalue weighted by molar-refractivity contribution is -0.118. The average Bonchev–Trinajstić information content (AvgIpc) is 2.68. The Morgan fingerprint density at radius 3 is 2.87 bits per heavy atom. The largest absolute Gasteiger partial charge is 0.327 e. The van der Waals surface area contributed by atoms with E-state index in [0.717, 1.165) is 0 Å². The minimum atomic E-state index is -0.315. The van der Waals surface area contributed by atoms with Crippen LogP contribution in [-0.2, 0) is 4.79 Å². The molecule has 3 atom stereocenters. The highest BCUT2D eigenvalue weighted by Gasteiger charge is 2.60. The molecule has 2 fully saturated rings. The molecular formula is C11H11FN2O. The smallest absolute Gasteiger partial charge is 0.232 e. The van der Waals surface area contributed by atoms with Crippen LogP contribution in [0.1, 0.15) is 0 Å². The molecule has 2 N–H and O–H groups in total. The van der Waals surface area contributed by atoms with Crippen LogP contribution in [0.3, 0.4) is 0 Å². The second-order valence-electron chi connectivity index (χ2n) is 4.20. The molecule has 0 bridgehead atoms. The number of nitrogens with zero attached hydrogens (tertiary/aromatic N) is 1. The van der Waals surface area contributed by atoms with Gasteiger partial charge in [0.1, 0.15) is 5.82 Å². The van der Waals surface area contributed by atoms with E-state index < -0.39 is 0 Å². The molecule has 0 radical (unpaired) electrons. The Kier molecular flexibility index (Phi) is 1.65. The number of fused-ring (bicyclic) bond motifs is 1. The Hall–Kier alpha value is -1.42. The van der Waals surface area contributed by atoms with Crippen LogP contribution in [-0.4, -0.2) is 18.5 Å². The number of benzene rings is 1. The zero-order valence-corrected chi connectivity index (χ0v) is 8.06. The van der Waals surface area contributed by atoms with Crippen molar-refractivity contribution in [3.63, 3.8) is 0 Å². The summed E-state index contributed by atoms with van der Waals surface area (Å²) < 4.78 is 13.0. The van der Waals surface area contributed by atoms with Crippen LogP contribution >= 0.6 is 0 Å². The maximum absolute atomic E-state index is 13.0. The summed E-state index contributed by atoms with van der Waals surface area (Å²) in [5.74, 6) is -0.0164. The summed E-state index contributed by atoms with van der Waals surface area (Å²) in [5.41, 5.74) is 6.35. The number of nitrogens with two attached hydrogens (primary N) is 1. The third-order valence-electron chi connectivity index (χ3n) is 3.29. The van der Waals surface area contributed by atoms with Gasteiger partial charge >= 0.3 is 0 Å². The number of carbonyl (C=O) groups excluding carboxylic acids is 1. The number of anilines is 1. The Bertz CT molecular complexity index is 434. The quantitative estimate of drug-likeness (QED) is 0.736. The zero-order chi connectivity index (χ0) is 10.6.